The van der Waals surface area contributed by atoms with Gasteiger partial charge >= 0.3 is 0 Å². The van der Waals surface area contributed by atoms with Crippen molar-refractivity contribution in [3.63, 3.8) is 0 Å². The molecule has 0 bridgehead atoms. The molecule has 0 radical (unpaired) electrons. The Morgan fingerprint density at radius 2 is 2.60 bits per heavy atom. The van der Waals surface area contributed by atoms with Gasteiger partial charge in [-0.15, -0.1) is 11.3 Å². The number of hydrogen-bond acceptors (Lipinski definition) is 3. The van der Waals surface area contributed by atoms with E-state index in [-0.39, 0.29) is 0 Å². The normalized spacial score (nSPS) is 9.70. The second-order valence-corrected chi connectivity index (χ2v) is 3.01. The van der Waals surface area contributed by atoms with E-state index in [9.17, 15) is 0 Å². The third-order valence-electron chi connectivity index (χ3n) is 1.24. The zero-order valence-corrected chi connectivity index (χ0v) is 6.95. The number of aromatic nitrogens is 1. The van der Waals surface area contributed by atoms with Gasteiger partial charge in [0.25, 0.3) is 0 Å². The molecular weight excluding hydrogens is 144 g/mol. The Morgan fingerprint density at radius 1 is 1.70 bits per heavy atom. The minimum absolute atomic E-state index is 1.04. The SMILES string of the molecule is CCCCNc1nccs1. The number of hydrogen-bond donors (Lipinski definition) is 1. The van der Waals surface area contributed by atoms with E-state index in [0.29, 0.717) is 0 Å². The molecule has 1 rings (SSSR count). The lowest BCUT2D eigenvalue weighted by atomic mass is 10.3. The van der Waals surface area contributed by atoms with Gasteiger partial charge in [0, 0.05) is 18.1 Å². The fourth-order valence-electron chi connectivity index (χ4n) is 0.683. The van der Waals surface area contributed by atoms with Crippen LogP contribution in [0.4, 0.5) is 5.13 Å². The summed E-state index contributed by atoms with van der Waals surface area (Å²) in [4.78, 5) is 4.10. The Kier molecular flexibility index (Phi) is 3.22. The molecule has 0 atom stereocenters. The molecule has 56 valence electrons. The lowest BCUT2D eigenvalue weighted by Gasteiger charge is -1.97. The molecule has 0 aromatic carbocycles. The van der Waals surface area contributed by atoms with E-state index < -0.39 is 0 Å². The van der Waals surface area contributed by atoms with E-state index in [2.05, 4.69) is 17.2 Å². The number of rotatable bonds is 4. The molecule has 0 aliphatic carbocycles. The van der Waals surface area contributed by atoms with E-state index in [1.165, 1.54) is 12.8 Å². The van der Waals surface area contributed by atoms with Crippen LogP contribution in [0.5, 0.6) is 0 Å². The fraction of sp³-hybridized carbons (Fsp3) is 0.571. The van der Waals surface area contributed by atoms with Gasteiger partial charge in [-0.25, -0.2) is 4.98 Å². The smallest absolute Gasteiger partial charge is 0.182 e. The van der Waals surface area contributed by atoms with Gasteiger partial charge in [0.05, 0.1) is 0 Å². The van der Waals surface area contributed by atoms with Gasteiger partial charge in [0.2, 0.25) is 0 Å². The standard InChI is InChI=1S/C7H12N2S/c1-2-3-4-8-7-9-5-6-10-7/h5-6H,2-4H2,1H3,(H,8,9). The molecule has 0 aliphatic rings. The summed E-state index contributed by atoms with van der Waals surface area (Å²) in [6, 6.07) is 0. The summed E-state index contributed by atoms with van der Waals surface area (Å²) in [6.45, 7) is 3.23. The summed E-state index contributed by atoms with van der Waals surface area (Å²) < 4.78 is 0. The van der Waals surface area contributed by atoms with Gasteiger partial charge in [-0.3, -0.25) is 0 Å². The van der Waals surface area contributed by atoms with Crippen molar-refractivity contribution in [1.29, 1.82) is 0 Å². The number of anilines is 1. The van der Waals surface area contributed by atoms with Crippen molar-refractivity contribution in [3.8, 4) is 0 Å². The lowest BCUT2D eigenvalue weighted by molar-refractivity contribution is 0.833. The Hall–Kier alpha value is -0.570. The van der Waals surface area contributed by atoms with Gasteiger partial charge in [0.15, 0.2) is 5.13 Å². The van der Waals surface area contributed by atoms with Crippen molar-refractivity contribution in [2.75, 3.05) is 11.9 Å². The molecule has 3 heteroatoms. The summed E-state index contributed by atoms with van der Waals surface area (Å²) in [7, 11) is 0. The molecule has 0 aliphatic heterocycles. The van der Waals surface area contributed by atoms with Gasteiger partial charge in [-0.05, 0) is 6.42 Å². The molecule has 0 fully saturated rings. The zero-order valence-electron chi connectivity index (χ0n) is 6.13. The minimum Gasteiger partial charge on any atom is -0.362 e. The van der Waals surface area contributed by atoms with Gasteiger partial charge in [0.1, 0.15) is 0 Å². The highest BCUT2D eigenvalue weighted by Gasteiger charge is 1.89. The van der Waals surface area contributed by atoms with Crippen LogP contribution in [-0.2, 0) is 0 Å². The molecule has 1 aromatic rings. The maximum absolute atomic E-state index is 4.10. The molecule has 10 heavy (non-hydrogen) atoms. The van der Waals surface area contributed by atoms with Crippen molar-refractivity contribution < 1.29 is 0 Å². The van der Waals surface area contributed by atoms with Crippen LogP contribution in [0.15, 0.2) is 11.6 Å². The Labute approximate surface area is 65.3 Å². The Morgan fingerprint density at radius 3 is 3.20 bits per heavy atom. The van der Waals surface area contributed by atoms with Crippen molar-refractivity contribution in [2.24, 2.45) is 0 Å². The van der Waals surface area contributed by atoms with E-state index in [1.54, 1.807) is 11.3 Å². The van der Waals surface area contributed by atoms with Gasteiger partial charge in [-0.1, -0.05) is 13.3 Å². The first-order valence-corrected chi connectivity index (χ1v) is 4.45. The van der Waals surface area contributed by atoms with Gasteiger partial charge < -0.3 is 5.32 Å². The van der Waals surface area contributed by atoms with Crippen LogP contribution >= 0.6 is 11.3 Å². The Balaban J connectivity index is 2.15. The highest BCUT2D eigenvalue weighted by atomic mass is 32.1. The molecule has 0 spiro atoms. The van der Waals surface area contributed by atoms with Crippen LogP contribution in [0.3, 0.4) is 0 Å². The predicted molar refractivity (Wildman–Crippen MR) is 45.5 cm³/mol. The quantitative estimate of drug-likeness (QED) is 0.677. The summed E-state index contributed by atoms with van der Waals surface area (Å²) in [5, 5.41) is 6.25. The van der Waals surface area contributed by atoms with Crippen molar-refractivity contribution in [3.05, 3.63) is 11.6 Å². The molecular formula is C7H12N2S. The van der Waals surface area contributed by atoms with Crippen LogP contribution in [-0.4, -0.2) is 11.5 Å². The molecule has 2 nitrogen and oxygen atoms in total. The monoisotopic (exact) mass is 156 g/mol. The minimum atomic E-state index is 1.04. The van der Waals surface area contributed by atoms with Crippen molar-refractivity contribution in [2.45, 2.75) is 19.8 Å². The van der Waals surface area contributed by atoms with Crippen LogP contribution in [0.2, 0.25) is 0 Å². The topological polar surface area (TPSA) is 24.9 Å². The molecule has 0 saturated carbocycles. The average Bonchev–Trinajstić information content (AvgIpc) is 2.41. The summed E-state index contributed by atoms with van der Waals surface area (Å²) in [5.41, 5.74) is 0. The van der Waals surface area contributed by atoms with Gasteiger partial charge in [-0.2, -0.15) is 0 Å². The maximum atomic E-state index is 4.10. The first-order chi connectivity index (χ1) is 4.93. The number of unbranched alkanes of at least 4 members (excludes halogenated alkanes) is 1. The van der Waals surface area contributed by atoms with Crippen molar-refractivity contribution in [1.82, 2.24) is 4.98 Å². The van der Waals surface area contributed by atoms with Crippen LogP contribution in [0.1, 0.15) is 19.8 Å². The number of nitrogens with one attached hydrogen (secondary N) is 1. The largest absolute Gasteiger partial charge is 0.362 e. The summed E-state index contributed by atoms with van der Waals surface area (Å²) >= 11 is 1.65. The highest BCUT2D eigenvalue weighted by molar-refractivity contribution is 7.13. The molecule has 0 saturated heterocycles. The molecule has 0 unspecified atom stereocenters. The van der Waals surface area contributed by atoms with E-state index >= 15 is 0 Å². The van der Waals surface area contributed by atoms with Crippen molar-refractivity contribution >= 4 is 16.5 Å². The highest BCUT2D eigenvalue weighted by Crippen LogP contribution is 2.09. The van der Waals surface area contributed by atoms with E-state index in [4.69, 9.17) is 0 Å². The molecule has 1 N–H and O–H groups in total. The zero-order chi connectivity index (χ0) is 7.23. The maximum Gasteiger partial charge on any atom is 0.182 e. The van der Waals surface area contributed by atoms with Crippen LogP contribution < -0.4 is 5.32 Å². The average molecular weight is 156 g/mol. The fourth-order valence-corrected chi connectivity index (χ4v) is 1.24. The first-order valence-electron chi connectivity index (χ1n) is 3.57. The summed E-state index contributed by atoms with van der Waals surface area (Å²) in [5.74, 6) is 0. The molecule has 0 amide bonds. The molecule has 1 aromatic heterocycles. The van der Waals surface area contributed by atoms with Crippen LogP contribution in [0, 0.1) is 0 Å². The number of nitrogens with zero attached hydrogens (tertiary/aromatic N) is 1. The third-order valence-corrected chi connectivity index (χ3v) is 1.97. The third kappa shape index (κ3) is 2.35. The molecule has 1 heterocycles. The predicted octanol–water partition coefficient (Wildman–Crippen LogP) is 2.36. The Bertz CT molecular complexity index is 160. The number of thiazole rings is 1. The van der Waals surface area contributed by atoms with E-state index in [1.807, 2.05) is 11.6 Å². The second-order valence-electron chi connectivity index (χ2n) is 2.12. The van der Waals surface area contributed by atoms with Crippen LogP contribution in [0.25, 0.3) is 0 Å². The lowest BCUT2D eigenvalue weighted by Crippen LogP contribution is -1.99. The first kappa shape index (κ1) is 7.54. The summed E-state index contributed by atoms with van der Waals surface area (Å²) in [6.07, 6.45) is 4.27. The van der Waals surface area contributed by atoms with E-state index in [0.717, 1.165) is 11.7 Å². The second kappa shape index (κ2) is 4.28.